The SMILES string of the molecule is Cc1nnc(Sc2ccc3nsnc3c2[N+](=O)[O-])s1. The van der Waals surface area contributed by atoms with Gasteiger partial charge in [0.15, 0.2) is 9.86 Å². The summed E-state index contributed by atoms with van der Waals surface area (Å²) in [5.74, 6) is 0. The zero-order chi connectivity index (χ0) is 13.4. The third-order valence-electron chi connectivity index (χ3n) is 2.25. The van der Waals surface area contributed by atoms with Gasteiger partial charge in [0.1, 0.15) is 10.5 Å². The number of rotatable bonds is 3. The Kier molecular flexibility index (Phi) is 3.12. The molecule has 2 aromatic heterocycles. The fraction of sp³-hybridized carbons (Fsp3) is 0.111. The van der Waals surface area contributed by atoms with Crippen molar-refractivity contribution in [1.82, 2.24) is 18.9 Å². The minimum atomic E-state index is -0.431. The van der Waals surface area contributed by atoms with E-state index in [1.807, 2.05) is 6.92 Å². The van der Waals surface area contributed by atoms with Crippen molar-refractivity contribution in [2.24, 2.45) is 0 Å². The van der Waals surface area contributed by atoms with Gasteiger partial charge in [-0.25, -0.2) is 0 Å². The lowest BCUT2D eigenvalue weighted by molar-refractivity contribution is -0.386. The van der Waals surface area contributed by atoms with E-state index in [0.717, 1.165) is 16.7 Å². The quantitative estimate of drug-likeness (QED) is 0.542. The summed E-state index contributed by atoms with van der Waals surface area (Å²) < 4.78 is 8.67. The van der Waals surface area contributed by atoms with Crippen LogP contribution in [0.15, 0.2) is 21.4 Å². The van der Waals surface area contributed by atoms with Crippen LogP contribution in [0.4, 0.5) is 5.69 Å². The van der Waals surface area contributed by atoms with Crippen molar-refractivity contribution in [3.8, 4) is 0 Å². The molecule has 2 heterocycles. The van der Waals surface area contributed by atoms with E-state index < -0.39 is 4.92 Å². The molecular formula is C9H5N5O2S3. The first-order valence-corrected chi connectivity index (χ1v) is 7.39. The Morgan fingerprint density at radius 3 is 2.84 bits per heavy atom. The molecule has 0 aliphatic carbocycles. The molecule has 96 valence electrons. The highest BCUT2D eigenvalue weighted by Gasteiger charge is 2.23. The lowest BCUT2D eigenvalue weighted by atomic mass is 10.3. The third-order valence-corrected chi connectivity index (χ3v) is 4.73. The van der Waals surface area contributed by atoms with E-state index in [1.54, 1.807) is 12.1 Å². The fourth-order valence-electron chi connectivity index (χ4n) is 1.49. The summed E-state index contributed by atoms with van der Waals surface area (Å²) in [6.45, 7) is 1.84. The Hall–Kier alpha value is -1.65. The average molecular weight is 311 g/mol. The first-order valence-electron chi connectivity index (χ1n) is 5.03. The standard InChI is InChI=1S/C9H5N5O2S3/c1-4-10-11-9(17-4)18-6-3-2-5-7(13-19-12-5)8(6)14(15)16/h2-3H,1H3. The minimum Gasteiger partial charge on any atom is -0.258 e. The molecule has 0 spiro atoms. The molecule has 0 aliphatic rings. The molecule has 0 aliphatic heterocycles. The lowest BCUT2D eigenvalue weighted by Gasteiger charge is -1.99. The largest absolute Gasteiger partial charge is 0.312 e. The van der Waals surface area contributed by atoms with Crippen LogP contribution in [0.2, 0.25) is 0 Å². The average Bonchev–Trinajstić information content (AvgIpc) is 2.97. The molecule has 3 rings (SSSR count). The minimum absolute atomic E-state index is 0.0240. The molecule has 0 fully saturated rings. The van der Waals surface area contributed by atoms with Crippen molar-refractivity contribution < 1.29 is 4.92 Å². The molecule has 0 unspecified atom stereocenters. The van der Waals surface area contributed by atoms with Gasteiger partial charge in [-0.3, -0.25) is 10.1 Å². The van der Waals surface area contributed by atoms with Gasteiger partial charge in [0, 0.05) is 0 Å². The van der Waals surface area contributed by atoms with E-state index in [9.17, 15) is 10.1 Å². The number of hydrogen-bond donors (Lipinski definition) is 0. The van der Waals surface area contributed by atoms with Crippen LogP contribution in [-0.4, -0.2) is 23.9 Å². The summed E-state index contributed by atoms with van der Waals surface area (Å²) in [5.41, 5.74) is 0.833. The van der Waals surface area contributed by atoms with Crippen LogP contribution < -0.4 is 0 Å². The molecule has 0 saturated heterocycles. The Morgan fingerprint density at radius 1 is 1.32 bits per heavy atom. The van der Waals surface area contributed by atoms with Gasteiger partial charge >= 0.3 is 5.69 Å². The Balaban J connectivity index is 2.12. The third kappa shape index (κ3) is 2.29. The first kappa shape index (κ1) is 12.4. The fourth-order valence-corrected chi connectivity index (χ4v) is 3.92. The Bertz CT molecular complexity index is 768. The number of nitro benzene ring substituents is 1. The van der Waals surface area contributed by atoms with Gasteiger partial charge in [0.05, 0.1) is 21.5 Å². The molecule has 1 aromatic carbocycles. The highest BCUT2D eigenvalue weighted by atomic mass is 32.2. The normalized spacial score (nSPS) is 11.0. The van der Waals surface area contributed by atoms with E-state index in [1.165, 1.54) is 23.1 Å². The second-order valence-electron chi connectivity index (χ2n) is 3.49. The van der Waals surface area contributed by atoms with Crippen LogP contribution >= 0.6 is 34.8 Å². The summed E-state index contributed by atoms with van der Waals surface area (Å²) >= 11 is 3.58. The maximum atomic E-state index is 11.2. The number of hydrogen-bond acceptors (Lipinski definition) is 9. The predicted octanol–water partition coefficient (Wildman–Crippen LogP) is 2.91. The molecular weight excluding hydrogens is 306 g/mol. The number of aryl methyl sites for hydroxylation is 1. The van der Waals surface area contributed by atoms with Crippen LogP contribution in [0.25, 0.3) is 11.0 Å². The zero-order valence-corrected chi connectivity index (χ0v) is 11.9. The van der Waals surface area contributed by atoms with Crippen molar-refractivity contribution in [1.29, 1.82) is 0 Å². The zero-order valence-electron chi connectivity index (χ0n) is 9.43. The highest BCUT2D eigenvalue weighted by molar-refractivity contribution is 8.01. The molecule has 0 saturated carbocycles. The van der Waals surface area contributed by atoms with E-state index in [4.69, 9.17) is 0 Å². The van der Waals surface area contributed by atoms with Crippen molar-refractivity contribution in [2.75, 3.05) is 0 Å². The van der Waals surface area contributed by atoms with E-state index in [0.29, 0.717) is 20.3 Å². The van der Waals surface area contributed by atoms with Crippen molar-refractivity contribution in [2.45, 2.75) is 16.2 Å². The summed E-state index contributed by atoms with van der Waals surface area (Å²) in [4.78, 5) is 11.3. The van der Waals surface area contributed by atoms with Crippen LogP contribution in [0.3, 0.4) is 0 Å². The summed E-state index contributed by atoms with van der Waals surface area (Å²) in [5, 5.41) is 19.9. The second kappa shape index (κ2) is 4.79. The van der Waals surface area contributed by atoms with Crippen LogP contribution in [0.1, 0.15) is 5.01 Å². The second-order valence-corrected chi connectivity index (χ2v) is 6.49. The number of nitro groups is 1. The highest BCUT2D eigenvalue weighted by Crippen LogP contribution is 2.39. The molecule has 3 aromatic rings. The number of benzene rings is 1. The summed E-state index contributed by atoms with van der Waals surface area (Å²) in [6.07, 6.45) is 0. The van der Waals surface area contributed by atoms with Gasteiger partial charge in [-0.15, -0.1) is 10.2 Å². The van der Waals surface area contributed by atoms with Crippen LogP contribution in [0.5, 0.6) is 0 Å². The van der Waals surface area contributed by atoms with Gasteiger partial charge in [0.2, 0.25) is 0 Å². The summed E-state index contributed by atoms with van der Waals surface area (Å²) in [6, 6.07) is 3.39. The smallest absolute Gasteiger partial charge is 0.258 e. The maximum Gasteiger partial charge on any atom is 0.312 e. The van der Waals surface area contributed by atoms with Crippen molar-refractivity contribution >= 4 is 51.5 Å². The Labute approximate surface area is 119 Å². The van der Waals surface area contributed by atoms with Gasteiger partial charge in [0.25, 0.3) is 0 Å². The lowest BCUT2D eigenvalue weighted by Crippen LogP contribution is -1.92. The summed E-state index contributed by atoms with van der Waals surface area (Å²) in [7, 11) is 0. The molecule has 0 bridgehead atoms. The Morgan fingerprint density at radius 2 is 2.16 bits per heavy atom. The van der Waals surface area contributed by atoms with Gasteiger partial charge in [-0.05, 0) is 30.8 Å². The van der Waals surface area contributed by atoms with Gasteiger partial charge in [-0.1, -0.05) is 11.3 Å². The molecule has 7 nitrogen and oxygen atoms in total. The molecule has 19 heavy (non-hydrogen) atoms. The predicted molar refractivity (Wildman–Crippen MR) is 72.8 cm³/mol. The van der Waals surface area contributed by atoms with Gasteiger partial charge in [-0.2, -0.15) is 8.75 Å². The van der Waals surface area contributed by atoms with E-state index in [-0.39, 0.29) is 5.69 Å². The topological polar surface area (TPSA) is 94.7 Å². The van der Waals surface area contributed by atoms with Gasteiger partial charge < -0.3 is 0 Å². The number of nitrogens with zero attached hydrogens (tertiary/aromatic N) is 5. The van der Waals surface area contributed by atoms with Crippen molar-refractivity contribution in [3.63, 3.8) is 0 Å². The van der Waals surface area contributed by atoms with E-state index in [2.05, 4.69) is 18.9 Å². The molecule has 0 amide bonds. The van der Waals surface area contributed by atoms with Crippen LogP contribution in [0, 0.1) is 17.0 Å². The van der Waals surface area contributed by atoms with E-state index >= 15 is 0 Å². The maximum absolute atomic E-state index is 11.2. The molecule has 10 heteroatoms. The van der Waals surface area contributed by atoms with Crippen LogP contribution in [-0.2, 0) is 0 Å². The number of fused-ring (bicyclic) bond motifs is 1. The number of aromatic nitrogens is 4. The molecule has 0 N–H and O–H groups in total. The van der Waals surface area contributed by atoms with Crippen molar-refractivity contribution in [3.05, 3.63) is 27.3 Å². The molecule has 0 radical (unpaired) electrons. The molecule has 0 atom stereocenters. The monoisotopic (exact) mass is 311 g/mol. The first-order chi connectivity index (χ1) is 9.15.